The molecule has 1 N–H and O–H groups in total. The fourth-order valence-electron chi connectivity index (χ4n) is 3.11. The molecule has 2 heteroatoms. The number of rotatable bonds is 14. The van der Waals surface area contributed by atoms with E-state index in [2.05, 4.69) is 23.8 Å². The second kappa shape index (κ2) is 12.9. The maximum atomic E-state index is 4.21. The first-order chi connectivity index (χ1) is 10.4. The molecule has 0 aliphatic rings. The van der Waals surface area contributed by atoms with Crippen LogP contribution in [0.3, 0.4) is 0 Å². The van der Waals surface area contributed by atoms with Crippen LogP contribution in [0, 0.1) is 0 Å². The third-order valence-corrected chi connectivity index (χ3v) is 4.52. The molecule has 0 aliphatic heterocycles. The van der Waals surface area contributed by atoms with Crippen molar-refractivity contribution >= 4 is 0 Å². The van der Waals surface area contributed by atoms with Gasteiger partial charge in [-0.25, -0.2) is 4.98 Å². The summed E-state index contributed by atoms with van der Waals surface area (Å²) in [6, 6.07) is 0. The molecule has 0 saturated heterocycles. The van der Waals surface area contributed by atoms with Crippen LogP contribution < -0.4 is 0 Å². The molecular formula is C19H36N2. The van der Waals surface area contributed by atoms with Crippen molar-refractivity contribution in [1.29, 1.82) is 0 Å². The summed E-state index contributed by atoms with van der Waals surface area (Å²) < 4.78 is 0. The Labute approximate surface area is 132 Å². The lowest BCUT2D eigenvalue weighted by Crippen LogP contribution is -2.00. The van der Waals surface area contributed by atoms with Crippen molar-refractivity contribution in [1.82, 2.24) is 9.97 Å². The Bertz CT molecular complexity index is 305. The highest BCUT2D eigenvalue weighted by Crippen LogP contribution is 2.27. The number of nitrogens with zero attached hydrogens (tertiary/aromatic N) is 1. The zero-order chi connectivity index (χ0) is 15.2. The minimum Gasteiger partial charge on any atom is -0.348 e. The lowest BCUT2D eigenvalue weighted by molar-refractivity contribution is 0.482. The SMILES string of the molecule is CCCCCCCCC(CCCCCCC)c1cnc[nH]1. The highest BCUT2D eigenvalue weighted by Gasteiger charge is 2.12. The van der Waals surface area contributed by atoms with Crippen molar-refractivity contribution in [2.24, 2.45) is 0 Å². The Morgan fingerprint density at radius 1 is 0.810 bits per heavy atom. The molecule has 0 amide bonds. The van der Waals surface area contributed by atoms with Crippen LogP contribution in [0.5, 0.6) is 0 Å². The van der Waals surface area contributed by atoms with E-state index in [1.807, 2.05) is 12.5 Å². The molecule has 1 atom stereocenters. The van der Waals surface area contributed by atoms with E-state index in [9.17, 15) is 0 Å². The largest absolute Gasteiger partial charge is 0.348 e. The van der Waals surface area contributed by atoms with Gasteiger partial charge in [0.1, 0.15) is 0 Å². The minimum atomic E-state index is 0.709. The van der Waals surface area contributed by atoms with Crippen molar-refractivity contribution in [3.8, 4) is 0 Å². The number of hydrogen-bond donors (Lipinski definition) is 1. The molecular weight excluding hydrogens is 256 g/mol. The quantitative estimate of drug-likeness (QED) is 0.384. The van der Waals surface area contributed by atoms with Crippen LogP contribution >= 0.6 is 0 Å². The second-order valence-corrected chi connectivity index (χ2v) is 6.46. The first kappa shape index (κ1) is 18.3. The van der Waals surface area contributed by atoms with Crippen LogP contribution in [0.2, 0.25) is 0 Å². The highest BCUT2D eigenvalue weighted by molar-refractivity contribution is 5.03. The van der Waals surface area contributed by atoms with Gasteiger partial charge in [0, 0.05) is 17.8 Å². The molecule has 122 valence electrons. The number of nitrogens with one attached hydrogen (secondary N) is 1. The van der Waals surface area contributed by atoms with Crippen molar-refractivity contribution in [3.05, 3.63) is 18.2 Å². The topological polar surface area (TPSA) is 28.7 Å². The average Bonchev–Trinajstić information content (AvgIpc) is 3.02. The van der Waals surface area contributed by atoms with E-state index in [0.29, 0.717) is 5.92 Å². The number of aromatic amines is 1. The summed E-state index contributed by atoms with van der Waals surface area (Å²) in [4.78, 5) is 7.55. The van der Waals surface area contributed by atoms with E-state index < -0.39 is 0 Å². The summed E-state index contributed by atoms with van der Waals surface area (Å²) >= 11 is 0. The molecule has 1 rings (SSSR count). The van der Waals surface area contributed by atoms with Gasteiger partial charge in [0.2, 0.25) is 0 Å². The highest BCUT2D eigenvalue weighted by atomic mass is 14.9. The minimum absolute atomic E-state index is 0.709. The monoisotopic (exact) mass is 292 g/mol. The summed E-state index contributed by atoms with van der Waals surface area (Å²) in [6.45, 7) is 4.57. The van der Waals surface area contributed by atoms with Gasteiger partial charge in [0.15, 0.2) is 0 Å². The predicted molar refractivity (Wildman–Crippen MR) is 92.7 cm³/mol. The van der Waals surface area contributed by atoms with Gasteiger partial charge in [-0.15, -0.1) is 0 Å². The standard InChI is InChI=1S/C19H36N2/c1-3-5-7-9-11-13-15-18(19-16-20-17-21-19)14-12-10-8-6-4-2/h16-18H,3-15H2,1-2H3,(H,20,21). The van der Waals surface area contributed by atoms with Crippen molar-refractivity contribution < 1.29 is 0 Å². The predicted octanol–water partition coefficient (Wildman–Crippen LogP) is 6.60. The Kier molecular flexibility index (Phi) is 11.2. The zero-order valence-corrected chi connectivity index (χ0v) is 14.4. The molecule has 1 unspecified atom stereocenters. The molecule has 1 heterocycles. The third-order valence-electron chi connectivity index (χ3n) is 4.52. The summed E-state index contributed by atoms with van der Waals surface area (Å²) in [5, 5.41) is 0. The molecule has 0 saturated carbocycles. The van der Waals surface area contributed by atoms with Crippen molar-refractivity contribution in [2.75, 3.05) is 0 Å². The van der Waals surface area contributed by atoms with Crippen LogP contribution in [0.1, 0.15) is 109 Å². The summed E-state index contributed by atoms with van der Waals surface area (Å²) in [6.07, 6.45) is 21.8. The molecule has 0 fully saturated rings. The van der Waals surface area contributed by atoms with Crippen LogP contribution in [0.15, 0.2) is 12.5 Å². The normalized spacial score (nSPS) is 12.7. The Hall–Kier alpha value is -0.790. The van der Waals surface area contributed by atoms with Crippen LogP contribution in [-0.4, -0.2) is 9.97 Å². The van der Waals surface area contributed by atoms with E-state index >= 15 is 0 Å². The van der Waals surface area contributed by atoms with Gasteiger partial charge in [-0.1, -0.05) is 84.5 Å². The molecule has 0 aliphatic carbocycles. The molecule has 0 aromatic carbocycles. The molecule has 0 bridgehead atoms. The van der Waals surface area contributed by atoms with Gasteiger partial charge in [-0.2, -0.15) is 0 Å². The van der Waals surface area contributed by atoms with E-state index in [0.717, 1.165) is 0 Å². The Morgan fingerprint density at radius 2 is 1.33 bits per heavy atom. The fourth-order valence-corrected chi connectivity index (χ4v) is 3.11. The van der Waals surface area contributed by atoms with Crippen molar-refractivity contribution in [2.45, 2.75) is 103 Å². The van der Waals surface area contributed by atoms with Gasteiger partial charge in [0.25, 0.3) is 0 Å². The number of H-pyrrole nitrogens is 1. The van der Waals surface area contributed by atoms with Crippen LogP contribution in [0.25, 0.3) is 0 Å². The number of imidazole rings is 1. The third kappa shape index (κ3) is 8.95. The maximum absolute atomic E-state index is 4.21. The fraction of sp³-hybridized carbons (Fsp3) is 0.842. The molecule has 0 radical (unpaired) electrons. The zero-order valence-electron chi connectivity index (χ0n) is 14.4. The average molecular weight is 293 g/mol. The van der Waals surface area contributed by atoms with E-state index in [1.165, 1.54) is 89.2 Å². The summed E-state index contributed by atoms with van der Waals surface area (Å²) in [7, 11) is 0. The molecule has 2 nitrogen and oxygen atoms in total. The van der Waals surface area contributed by atoms with Crippen LogP contribution in [0.4, 0.5) is 0 Å². The number of hydrogen-bond acceptors (Lipinski definition) is 1. The van der Waals surface area contributed by atoms with Crippen molar-refractivity contribution in [3.63, 3.8) is 0 Å². The number of unbranched alkanes of at least 4 members (excludes halogenated alkanes) is 9. The first-order valence-corrected chi connectivity index (χ1v) is 9.36. The van der Waals surface area contributed by atoms with E-state index in [-0.39, 0.29) is 0 Å². The lowest BCUT2D eigenvalue weighted by Gasteiger charge is -2.15. The first-order valence-electron chi connectivity index (χ1n) is 9.36. The van der Waals surface area contributed by atoms with Gasteiger partial charge in [0.05, 0.1) is 6.33 Å². The van der Waals surface area contributed by atoms with Gasteiger partial charge in [-0.3, -0.25) is 0 Å². The van der Waals surface area contributed by atoms with E-state index in [1.54, 1.807) is 0 Å². The van der Waals surface area contributed by atoms with E-state index in [4.69, 9.17) is 0 Å². The van der Waals surface area contributed by atoms with Crippen LogP contribution in [-0.2, 0) is 0 Å². The van der Waals surface area contributed by atoms with Gasteiger partial charge >= 0.3 is 0 Å². The van der Waals surface area contributed by atoms with Gasteiger partial charge in [-0.05, 0) is 12.8 Å². The molecule has 1 aromatic rings. The Balaban J connectivity index is 2.19. The lowest BCUT2D eigenvalue weighted by atomic mass is 9.92. The molecule has 1 aromatic heterocycles. The molecule has 0 spiro atoms. The van der Waals surface area contributed by atoms with Gasteiger partial charge < -0.3 is 4.98 Å². The number of aromatic nitrogens is 2. The Morgan fingerprint density at radius 3 is 1.81 bits per heavy atom. The second-order valence-electron chi connectivity index (χ2n) is 6.46. The maximum Gasteiger partial charge on any atom is 0.0921 e. The molecule has 21 heavy (non-hydrogen) atoms. The smallest absolute Gasteiger partial charge is 0.0921 e. The summed E-state index contributed by atoms with van der Waals surface area (Å²) in [5.74, 6) is 0.709. The summed E-state index contributed by atoms with van der Waals surface area (Å²) in [5.41, 5.74) is 1.36.